The zero-order valence-electron chi connectivity index (χ0n) is 7.91. The van der Waals surface area contributed by atoms with Gasteiger partial charge < -0.3 is 10.2 Å². The van der Waals surface area contributed by atoms with Crippen molar-refractivity contribution in [1.82, 2.24) is 5.32 Å². The van der Waals surface area contributed by atoms with E-state index in [2.05, 4.69) is 9.71 Å². The van der Waals surface area contributed by atoms with Crippen LogP contribution in [0.2, 0.25) is 0 Å². The molecule has 16 heavy (non-hydrogen) atoms. The molecule has 0 aromatic carbocycles. The monoisotopic (exact) mass is 242 g/mol. The molecule has 0 radical (unpaired) electrons. The van der Waals surface area contributed by atoms with E-state index in [1.165, 1.54) is 18.3 Å². The number of furan rings is 1. The Bertz CT molecular complexity index is 494. The molecule has 0 bridgehead atoms. The first-order valence-electron chi connectivity index (χ1n) is 4.13. The molecule has 0 aliphatic carbocycles. The summed E-state index contributed by atoms with van der Waals surface area (Å²) in [6.07, 6.45) is 1.30. The Hall–Kier alpha value is -2.00. The van der Waals surface area contributed by atoms with Gasteiger partial charge in [-0.25, -0.2) is 0 Å². The predicted octanol–water partition coefficient (Wildman–Crippen LogP) is -0.298. The van der Waals surface area contributed by atoms with Gasteiger partial charge in [-0.05, 0) is 10.5 Å². The van der Waals surface area contributed by atoms with E-state index in [0.29, 0.717) is 10.9 Å². The van der Waals surface area contributed by atoms with Crippen LogP contribution in [0.4, 0.5) is 5.88 Å². The summed E-state index contributed by atoms with van der Waals surface area (Å²) in [5.41, 5.74) is 5.31. The molecule has 1 aromatic heterocycles. The van der Waals surface area contributed by atoms with Crippen molar-refractivity contribution in [3.8, 4) is 0 Å². The van der Waals surface area contributed by atoms with Crippen LogP contribution >= 0.6 is 0 Å². The van der Waals surface area contributed by atoms with Crippen LogP contribution in [0, 0.1) is 10.1 Å². The molecular formula is C7H8N5O3S+. The Labute approximate surface area is 92.8 Å². The molecule has 2 heterocycles. The van der Waals surface area contributed by atoms with E-state index in [-0.39, 0.29) is 11.6 Å². The predicted molar refractivity (Wildman–Crippen MR) is 58.9 cm³/mol. The van der Waals surface area contributed by atoms with Crippen molar-refractivity contribution in [1.29, 1.82) is 0 Å². The van der Waals surface area contributed by atoms with Crippen LogP contribution in [0.5, 0.6) is 0 Å². The second-order valence-corrected chi connectivity index (χ2v) is 4.06. The van der Waals surface area contributed by atoms with Gasteiger partial charge in [-0.2, -0.15) is 0 Å². The summed E-state index contributed by atoms with van der Waals surface area (Å²) in [5.74, 6) is 0.253. The zero-order valence-corrected chi connectivity index (χ0v) is 8.73. The molecular weight excluding hydrogens is 234 g/mol. The molecule has 1 aromatic rings. The van der Waals surface area contributed by atoms with E-state index in [9.17, 15) is 10.1 Å². The maximum absolute atomic E-state index is 10.4. The highest BCUT2D eigenvalue weighted by Crippen LogP contribution is 2.20. The van der Waals surface area contributed by atoms with Gasteiger partial charge in [-0.3, -0.25) is 15.4 Å². The van der Waals surface area contributed by atoms with E-state index in [0.717, 1.165) is 0 Å². The molecule has 0 fully saturated rings. The first-order valence-corrected chi connectivity index (χ1v) is 5.37. The van der Waals surface area contributed by atoms with Crippen molar-refractivity contribution in [2.75, 3.05) is 0 Å². The standard InChI is InChI=1S/C7H7N5O3S/c8-3-5-10-7(11-16(5)9)4-1-2-6(15-4)12(13)14/h1-3H,8H2,(H2,9,10,11)/p+1. The minimum Gasteiger partial charge on any atom is -0.399 e. The molecule has 84 valence electrons. The molecule has 1 aliphatic rings. The smallest absolute Gasteiger partial charge is 0.399 e. The number of nitrogens with one attached hydrogen (secondary N) is 1. The van der Waals surface area contributed by atoms with E-state index < -0.39 is 16.2 Å². The second kappa shape index (κ2) is 3.87. The maximum atomic E-state index is 10.4. The summed E-state index contributed by atoms with van der Waals surface area (Å²) >= 11 is -0.860. The molecule has 0 spiro atoms. The van der Waals surface area contributed by atoms with Gasteiger partial charge in [-0.1, -0.05) is 0 Å². The van der Waals surface area contributed by atoms with Crippen molar-refractivity contribution >= 4 is 23.0 Å². The topological polar surface area (TPSA) is 133 Å². The Balaban J connectivity index is 2.26. The average molecular weight is 242 g/mol. The third-order valence-corrected chi connectivity index (χ3v) is 2.88. The molecule has 0 saturated heterocycles. The summed E-state index contributed by atoms with van der Waals surface area (Å²) in [6.45, 7) is 0. The molecule has 1 unspecified atom stereocenters. The SMILES string of the molecule is NC=C1NC(c2ccc([N+](=O)[O-])o2)=N[S+]1N. The van der Waals surface area contributed by atoms with Gasteiger partial charge in [0, 0.05) is 0 Å². The number of hydrogen-bond acceptors (Lipinski definition) is 7. The van der Waals surface area contributed by atoms with E-state index in [1.807, 2.05) is 0 Å². The lowest BCUT2D eigenvalue weighted by Crippen LogP contribution is -2.21. The van der Waals surface area contributed by atoms with Gasteiger partial charge in [-0.15, -0.1) is 5.14 Å². The first kappa shape index (κ1) is 10.5. The molecule has 9 heteroatoms. The number of nitro groups is 1. The van der Waals surface area contributed by atoms with Crippen molar-refractivity contribution in [2.45, 2.75) is 0 Å². The Morgan fingerprint density at radius 1 is 1.62 bits per heavy atom. The Morgan fingerprint density at radius 3 is 2.88 bits per heavy atom. The largest absolute Gasteiger partial charge is 0.433 e. The lowest BCUT2D eigenvalue weighted by molar-refractivity contribution is -0.402. The maximum Gasteiger partial charge on any atom is 0.433 e. The summed E-state index contributed by atoms with van der Waals surface area (Å²) < 4.78 is 8.99. The third-order valence-electron chi connectivity index (χ3n) is 1.81. The molecule has 1 atom stereocenters. The van der Waals surface area contributed by atoms with Crippen LogP contribution in [0.1, 0.15) is 5.76 Å². The number of amidine groups is 1. The fourth-order valence-corrected chi connectivity index (χ4v) is 1.88. The number of nitrogens with zero attached hydrogens (tertiary/aromatic N) is 2. The molecule has 1 aliphatic heterocycles. The molecule has 2 rings (SSSR count). The van der Waals surface area contributed by atoms with Crippen molar-refractivity contribution in [2.24, 2.45) is 15.3 Å². The summed E-state index contributed by atoms with van der Waals surface area (Å²) in [4.78, 5) is 9.79. The lowest BCUT2D eigenvalue weighted by atomic mass is 10.4. The van der Waals surface area contributed by atoms with Crippen molar-refractivity contribution in [3.05, 3.63) is 39.2 Å². The van der Waals surface area contributed by atoms with Crippen molar-refractivity contribution < 1.29 is 9.34 Å². The van der Waals surface area contributed by atoms with Crippen LogP contribution in [0.3, 0.4) is 0 Å². The van der Waals surface area contributed by atoms with Crippen LogP contribution in [0.25, 0.3) is 0 Å². The van der Waals surface area contributed by atoms with Crippen LogP contribution in [0.15, 0.2) is 32.2 Å². The number of nitrogens with two attached hydrogens (primary N) is 2. The highest BCUT2D eigenvalue weighted by atomic mass is 32.2. The lowest BCUT2D eigenvalue weighted by Gasteiger charge is -1.91. The van der Waals surface area contributed by atoms with Gasteiger partial charge in [0.1, 0.15) is 4.92 Å². The molecule has 8 nitrogen and oxygen atoms in total. The van der Waals surface area contributed by atoms with Gasteiger partial charge >= 0.3 is 5.88 Å². The van der Waals surface area contributed by atoms with Crippen molar-refractivity contribution in [3.63, 3.8) is 0 Å². The fourth-order valence-electron chi connectivity index (χ4n) is 1.11. The number of rotatable bonds is 2. The second-order valence-electron chi connectivity index (χ2n) is 2.81. The van der Waals surface area contributed by atoms with E-state index in [1.54, 1.807) is 0 Å². The Kier molecular flexibility index (Phi) is 2.54. The van der Waals surface area contributed by atoms with Crippen LogP contribution < -0.4 is 16.2 Å². The minimum absolute atomic E-state index is 0.256. The molecule has 0 amide bonds. The minimum atomic E-state index is -0.860. The first-order chi connectivity index (χ1) is 7.61. The van der Waals surface area contributed by atoms with Gasteiger partial charge in [0.05, 0.1) is 12.3 Å². The molecule has 5 N–H and O–H groups in total. The number of hydrogen-bond donors (Lipinski definition) is 3. The highest BCUT2D eigenvalue weighted by Gasteiger charge is 2.34. The third kappa shape index (κ3) is 1.73. The van der Waals surface area contributed by atoms with E-state index in [4.69, 9.17) is 15.3 Å². The zero-order chi connectivity index (χ0) is 11.7. The average Bonchev–Trinajstić information content (AvgIpc) is 2.83. The highest BCUT2D eigenvalue weighted by molar-refractivity contribution is 7.97. The normalized spacial score (nSPS) is 21.9. The summed E-state index contributed by atoms with van der Waals surface area (Å²) in [6, 6.07) is 2.69. The fraction of sp³-hybridized carbons (Fsp3) is 0. The van der Waals surface area contributed by atoms with Crippen LogP contribution in [-0.4, -0.2) is 10.8 Å². The van der Waals surface area contributed by atoms with Gasteiger partial charge in [0.25, 0.3) is 16.3 Å². The summed E-state index contributed by atoms with van der Waals surface area (Å²) in [7, 11) is 0. The van der Waals surface area contributed by atoms with Crippen LogP contribution in [-0.2, 0) is 11.3 Å². The molecule has 0 saturated carbocycles. The van der Waals surface area contributed by atoms with E-state index >= 15 is 0 Å². The van der Waals surface area contributed by atoms with Gasteiger partial charge in [0.15, 0.2) is 5.76 Å². The quantitative estimate of drug-likeness (QED) is 0.370. The van der Waals surface area contributed by atoms with Gasteiger partial charge in [0.2, 0.25) is 5.84 Å². The Morgan fingerprint density at radius 2 is 2.38 bits per heavy atom. The summed E-state index contributed by atoms with van der Waals surface area (Å²) in [5, 5.41) is 19.4.